The molecule has 3 N–H and O–H groups in total. The van der Waals surface area contributed by atoms with Crippen molar-refractivity contribution in [2.75, 3.05) is 19.6 Å². The molecule has 1 aliphatic carbocycles. The molecule has 280 valence electrons. The summed E-state index contributed by atoms with van der Waals surface area (Å²) in [6.45, 7) is 2.91. The van der Waals surface area contributed by atoms with Crippen molar-refractivity contribution in [3.05, 3.63) is 96.1 Å². The van der Waals surface area contributed by atoms with Crippen LogP contribution >= 0.6 is 57.5 Å². The quantitative estimate of drug-likeness (QED) is 0.135. The second-order valence-electron chi connectivity index (χ2n) is 13.4. The zero-order valence-corrected chi connectivity index (χ0v) is 32.4. The Morgan fingerprint density at radius 2 is 1.46 bits per heavy atom. The van der Waals surface area contributed by atoms with E-state index in [1.165, 1.54) is 22.7 Å². The molecule has 11 nitrogen and oxygen atoms in total. The summed E-state index contributed by atoms with van der Waals surface area (Å²) < 4.78 is 9.14. The molecule has 9 rings (SSSR count). The molecule has 5 heterocycles. The van der Waals surface area contributed by atoms with Crippen LogP contribution in [0.5, 0.6) is 5.75 Å². The van der Waals surface area contributed by atoms with E-state index < -0.39 is 24.0 Å². The summed E-state index contributed by atoms with van der Waals surface area (Å²) in [6, 6.07) is 15.9. The highest BCUT2D eigenvalue weighted by molar-refractivity contribution is 7.23. The molecule has 16 heteroatoms. The van der Waals surface area contributed by atoms with Crippen LogP contribution < -0.4 is 10.1 Å². The molecular weight excluding hydrogens is 795 g/mol. The highest BCUT2D eigenvalue weighted by Crippen LogP contribution is 2.38. The fourth-order valence-corrected chi connectivity index (χ4v) is 9.59. The molecular formula is C38H33Cl3N4O7S2. The average molecular weight is 828 g/mol. The second kappa shape index (κ2) is 15.7. The molecule has 2 aromatic heterocycles. The molecule has 1 saturated carbocycles. The number of aliphatic hydroxyl groups is 1. The minimum atomic E-state index is -1.09. The monoisotopic (exact) mass is 826 g/mol. The largest absolute Gasteiger partial charge is 0.489 e. The predicted molar refractivity (Wildman–Crippen MR) is 212 cm³/mol. The van der Waals surface area contributed by atoms with Gasteiger partial charge in [-0.1, -0.05) is 75.4 Å². The van der Waals surface area contributed by atoms with Crippen LogP contribution in [0.2, 0.25) is 13.7 Å². The maximum absolute atomic E-state index is 13.6. The smallest absolute Gasteiger partial charge is 0.358 e. The molecule has 0 radical (unpaired) electrons. The third kappa shape index (κ3) is 7.76. The van der Waals surface area contributed by atoms with E-state index in [0.29, 0.717) is 42.7 Å². The summed E-state index contributed by atoms with van der Waals surface area (Å²) in [5.41, 5.74) is 3.81. The van der Waals surface area contributed by atoms with E-state index in [4.69, 9.17) is 54.3 Å². The first-order chi connectivity index (χ1) is 26.1. The average Bonchev–Trinajstić information content (AvgIpc) is 3.48. The van der Waals surface area contributed by atoms with E-state index in [0.717, 1.165) is 70.1 Å². The lowest BCUT2D eigenvalue weighted by Crippen LogP contribution is -2.49. The topological polar surface area (TPSA) is 142 Å². The Hall–Kier alpha value is -3.95. The van der Waals surface area contributed by atoms with Gasteiger partial charge in [0.05, 0.1) is 25.8 Å². The highest BCUT2D eigenvalue weighted by Gasteiger charge is 2.32. The zero-order valence-electron chi connectivity index (χ0n) is 28.5. The highest BCUT2D eigenvalue weighted by atomic mass is 35.5. The number of hydrogen-bond acceptors (Lipinski definition) is 11. The van der Waals surface area contributed by atoms with Gasteiger partial charge in [0.1, 0.15) is 25.1 Å². The Bertz CT molecular complexity index is 2330. The molecule has 1 amide bonds. The molecule has 4 aliphatic rings. The van der Waals surface area contributed by atoms with Gasteiger partial charge in [-0.05, 0) is 79.4 Å². The van der Waals surface area contributed by atoms with E-state index >= 15 is 0 Å². The molecule has 54 heavy (non-hydrogen) atoms. The van der Waals surface area contributed by atoms with E-state index in [1.807, 2.05) is 36.4 Å². The van der Waals surface area contributed by atoms with Gasteiger partial charge >= 0.3 is 5.97 Å². The molecule has 2 atom stereocenters. The number of fused-ring (bicyclic) bond motifs is 6. The predicted octanol–water partition coefficient (Wildman–Crippen LogP) is 8.17. The maximum atomic E-state index is 13.6. The number of nitrogens with one attached hydrogen (secondary N) is 1. The third-order valence-corrected chi connectivity index (χ3v) is 12.6. The number of amides is 1. The number of aliphatic hydroxyl groups excluding tert-OH is 1. The Balaban J connectivity index is 0.000000202. The number of carbonyl (C=O) groups is 2. The standard InChI is InChI=1S/C27H27Cl2N3O4S.C11H6ClNO3S/c28-20-11-15(4-8-22(20)36-17-5-6-17)25(33)21(13-32-9-1-2-10-32)30-27(34)24-18-7-3-16-12-23(29)37-26(16)19(18)14-35-31-24;12-8-3-5-1-2-6-7(10(5)17-8)4-16-13-9(6)11(14)15/h3-4,7-8,11-12,17,21,25,33H,1-2,5-6,9-10,13-14H2,(H,30,34);1-3H,4H2,(H,14,15)/t21-,25-;/m1./s1. The molecule has 0 bridgehead atoms. The lowest BCUT2D eigenvalue weighted by Gasteiger charge is -2.29. The number of ether oxygens (including phenoxy) is 1. The van der Waals surface area contributed by atoms with E-state index in [1.54, 1.807) is 18.2 Å². The summed E-state index contributed by atoms with van der Waals surface area (Å²) in [5, 5.41) is 33.6. The first kappa shape index (κ1) is 37.0. The fourth-order valence-electron chi connectivity index (χ4n) is 6.83. The molecule has 0 spiro atoms. The van der Waals surface area contributed by atoms with Crippen LogP contribution in [0.25, 0.3) is 20.2 Å². The van der Waals surface area contributed by atoms with Gasteiger partial charge in [0, 0.05) is 38.2 Å². The van der Waals surface area contributed by atoms with Gasteiger partial charge in [-0.25, -0.2) is 4.79 Å². The number of carbonyl (C=O) groups excluding carboxylic acids is 1. The van der Waals surface area contributed by atoms with Crippen LogP contribution in [0, 0.1) is 0 Å². The summed E-state index contributed by atoms with van der Waals surface area (Å²) >= 11 is 21.5. The number of likely N-dealkylation sites (tertiary alicyclic amines) is 1. The van der Waals surface area contributed by atoms with E-state index in [-0.39, 0.29) is 30.7 Å². The number of hydrogen-bond donors (Lipinski definition) is 3. The summed E-state index contributed by atoms with van der Waals surface area (Å²) in [7, 11) is 0. The fraction of sp³-hybridized carbons (Fsp3) is 0.316. The van der Waals surface area contributed by atoms with Gasteiger partial charge in [0.25, 0.3) is 5.91 Å². The number of carboxylic acid groups (broad SMARTS) is 1. The normalized spacial score (nSPS) is 17.6. The first-order valence-corrected chi connectivity index (χ1v) is 20.1. The molecule has 1 saturated heterocycles. The van der Waals surface area contributed by atoms with E-state index in [9.17, 15) is 14.7 Å². The Morgan fingerprint density at radius 1 is 0.870 bits per heavy atom. The van der Waals surface area contributed by atoms with Crippen molar-refractivity contribution < 1.29 is 34.2 Å². The van der Waals surface area contributed by atoms with Crippen molar-refractivity contribution >= 4 is 101 Å². The zero-order chi connectivity index (χ0) is 37.5. The number of nitrogens with zero attached hydrogens (tertiary/aromatic N) is 3. The van der Waals surface area contributed by atoms with E-state index in [2.05, 4.69) is 20.5 Å². The molecule has 3 aromatic carbocycles. The first-order valence-electron chi connectivity index (χ1n) is 17.4. The van der Waals surface area contributed by atoms with Crippen molar-refractivity contribution in [2.24, 2.45) is 10.3 Å². The second-order valence-corrected chi connectivity index (χ2v) is 17.2. The molecule has 3 aliphatic heterocycles. The van der Waals surface area contributed by atoms with Crippen molar-refractivity contribution in [2.45, 2.75) is 57.1 Å². The maximum Gasteiger partial charge on any atom is 0.358 e. The van der Waals surface area contributed by atoms with Crippen LogP contribution in [0.4, 0.5) is 0 Å². The molecule has 0 unspecified atom stereocenters. The number of benzene rings is 3. The van der Waals surface area contributed by atoms with Gasteiger partial charge in [0.2, 0.25) is 0 Å². The number of thiophene rings is 2. The van der Waals surface area contributed by atoms with Crippen LogP contribution in [0.1, 0.15) is 59.6 Å². The molecule has 5 aromatic rings. The molecule has 2 fully saturated rings. The van der Waals surface area contributed by atoms with Gasteiger partial charge in [-0.2, -0.15) is 0 Å². The Morgan fingerprint density at radius 3 is 2.04 bits per heavy atom. The van der Waals surface area contributed by atoms with Crippen molar-refractivity contribution in [1.29, 1.82) is 0 Å². The van der Waals surface area contributed by atoms with Crippen molar-refractivity contribution in [3.63, 3.8) is 0 Å². The third-order valence-electron chi connectivity index (χ3n) is 9.64. The van der Waals surface area contributed by atoms with Gasteiger partial charge in [0.15, 0.2) is 11.4 Å². The Labute approximate surface area is 332 Å². The lowest BCUT2D eigenvalue weighted by molar-refractivity contribution is -0.129. The number of carboxylic acids is 1. The summed E-state index contributed by atoms with van der Waals surface area (Å²) in [4.78, 5) is 37.2. The number of oxime groups is 2. The Kier molecular flexibility index (Phi) is 10.7. The van der Waals surface area contributed by atoms with Crippen LogP contribution in [-0.2, 0) is 32.5 Å². The SMILES string of the molecule is O=C(N[C@H](CN1CCCC1)[C@H](O)c1ccc(OC2CC2)c(Cl)c1)C1=NOCc2c1ccc1cc(Cl)sc21.O=C(O)C1=NOCc2c1ccc1cc(Cl)sc21. The van der Waals surface area contributed by atoms with Crippen LogP contribution in [0.15, 0.2) is 64.9 Å². The lowest BCUT2D eigenvalue weighted by atomic mass is 9.98. The number of aliphatic carboxylic acids is 1. The summed E-state index contributed by atoms with van der Waals surface area (Å²) in [5.74, 6) is -0.871. The van der Waals surface area contributed by atoms with Gasteiger partial charge < -0.3 is 34.8 Å². The van der Waals surface area contributed by atoms with Gasteiger partial charge in [-0.3, -0.25) is 4.79 Å². The minimum absolute atomic E-state index is 0.0577. The van der Waals surface area contributed by atoms with Crippen LogP contribution in [0.3, 0.4) is 0 Å². The van der Waals surface area contributed by atoms with Crippen molar-refractivity contribution in [3.8, 4) is 5.75 Å². The summed E-state index contributed by atoms with van der Waals surface area (Å²) in [6.07, 6.45) is 3.52. The van der Waals surface area contributed by atoms with Crippen LogP contribution in [-0.4, -0.2) is 70.2 Å². The number of rotatable bonds is 9. The van der Waals surface area contributed by atoms with Gasteiger partial charge in [-0.15, -0.1) is 22.7 Å². The number of halogens is 3. The minimum Gasteiger partial charge on any atom is -0.489 e. The van der Waals surface area contributed by atoms with Crippen molar-refractivity contribution in [1.82, 2.24) is 10.2 Å².